The molecule has 0 fully saturated rings. The number of hydrogen-bond donors (Lipinski definition) is 4. The number of amides is 1. The molecule has 0 bridgehead atoms. The molecule has 0 rings (SSSR count). The van der Waals surface area contributed by atoms with E-state index in [9.17, 15) is 20.1 Å². The number of unbranched alkanes of at least 4 members (excludes halogenated alkanes) is 52. The Morgan fingerprint density at radius 1 is 0.294 bits per heavy atom. The second-order valence-electron chi connectivity index (χ2n) is 22.3. The van der Waals surface area contributed by atoms with Crippen molar-refractivity contribution in [1.29, 1.82) is 0 Å². The minimum absolute atomic E-state index is 0.307. The first-order chi connectivity index (χ1) is 33.6. The van der Waals surface area contributed by atoms with Crippen molar-refractivity contribution in [2.24, 2.45) is 0 Å². The summed E-state index contributed by atoms with van der Waals surface area (Å²) in [4.78, 5) is 12.6. The van der Waals surface area contributed by atoms with Gasteiger partial charge in [-0.15, -0.1) is 0 Å². The van der Waals surface area contributed by atoms with Gasteiger partial charge >= 0.3 is 0 Å². The number of hydrogen-bond acceptors (Lipinski definition) is 4. The van der Waals surface area contributed by atoms with E-state index in [1.807, 2.05) is 0 Å². The van der Waals surface area contributed by atoms with Crippen molar-refractivity contribution >= 4 is 5.91 Å². The van der Waals surface area contributed by atoms with Crippen molar-refractivity contribution < 1.29 is 20.1 Å². The zero-order chi connectivity index (χ0) is 49.3. The van der Waals surface area contributed by atoms with E-state index in [0.29, 0.717) is 12.8 Å². The molecule has 0 aliphatic heterocycles. The number of carbonyl (C=O) groups is 1. The van der Waals surface area contributed by atoms with Crippen molar-refractivity contribution in [1.82, 2.24) is 5.32 Å². The lowest BCUT2D eigenvalue weighted by Crippen LogP contribution is -2.49. The van der Waals surface area contributed by atoms with E-state index in [4.69, 9.17) is 0 Å². The molecule has 0 heterocycles. The Morgan fingerprint density at radius 2 is 0.471 bits per heavy atom. The second kappa shape index (κ2) is 58.9. The molecule has 408 valence electrons. The lowest BCUT2D eigenvalue weighted by molar-refractivity contribution is -0.131. The SMILES string of the molecule is CCCCCCCCCCCCCCCCCCCCCCCCCCCCCCCCCCCCCCCCC(O)C(=O)NC(CO)C(O)CCCCCCCCCCCCCCCCCC. The molecule has 0 saturated heterocycles. The van der Waals surface area contributed by atoms with Gasteiger partial charge in [0.05, 0.1) is 18.8 Å². The molecule has 0 aromatic carbocycles. The number of nitrogens with one attached hydrogen (secondary N) is 1. The Balaban J connectivity index is 3.39. The van der Waals surface area contributed by atoms with Gasteiger partial charge < -0.3 is 20.6 Å². The fraction of sp³-hybridized carbons (Fsp3) is 0.984. The zero-order valence-electron chi connectivity index (χ0n) is 46.8. The van der Waals surface area contributed by atoms with Crippen molar-refractivity contribution in [3.63, 3.8) is 0 Å². The molecule has 0 spiro atoms. The average molecular weight is 963 g/mol. The number of rotatable bonds is 60. The third-order valence-corrected chi connectivity index (χ3v) is 15.5. The van der Waals surface area contributed by atoms with Gasteiger partial charge in [-0.05, 0) is 12.8 Å². The summed E-state index contributed by atoms with van der Waals surface area (Å²) in [6.07, 6.45) is 73.4. The predicted octanol–water partition coefficient (Wildman–Crippen LogP) is 20.1. The van der Waals surface area contributed by atoms with E-state index in [1.165, 1.54) is 315 Å². The minimum atomic E-state index is -1.07. The van der Waals surface area contributed by atoms with Crippen molar-refractivity contribution in [3.8, 4) is 0 Å². The fourth-order valence-corrected chi connectivity index (χ4v) is 10.6. The maximum atomic E-state index is 12.6. The molecule has 4 N–H and O–H groups in total. The topological polar surface area (TPSA) is 89.8 Å². The van der Waals surface area contributed by atoms with Gasteiger partial charge in [-0.3, -0.25) is 4.79 Å². The van der Waals surface area contributed by atoms with E-state index in [1.54, 1.807) is 0 Å². The highest BCUT2D eigenvalue weighted by molar-refractivity contribution is 5.80. The Bertz CT molecular complexity index is 929. The molecule has 1 amide bonds. The van der Waals surface area contributed by atoms with Crippen molar-refractivity contribution in [2.45, 2.75) is 392 Å². The van der Waals surface area contributed by atoms with E-state index in [2.05, 4.69) is 19.2 Å². The maximum Gasteiger partial charge on any atom is 0.249 e. The van der Waals surface area contributed by atoms with Gasteiger partial charge in [-0.25, -0.2) is 0 Å². The lowest BCUT2D eigenvalue weighted by Gasteiger charge is -2.23. The average Bonchev–Trinajstić information content (AvgIpc) is 3.34. The number of aliphatic hydroxyl groups is 3. The first kappa shape index (κ1) is 67.3. The first-order valence-electron chi connectivity index (χ1n) is 31.8. The maximum absolute atomic E-state index is 12.6. The smallest absolute Gasteiger partial charge is 0.249 e. The van der Waals surface area contributed by atoms with E-state index >= 15 is 0 Å². The summed E-state index contributed by atoms with van der Waals surface area (Å²) in [5, 5.41) is 33.6. The van der Waals surface area contributed by atoms with Crippen LogP contribution < -0.4 is 5.32 Å². The van der Waals surface area contributed by atoms with Crippen LogP contribution in [0.2, 0.25) is 0 Å². The quantitative estimate of drug-likeness (QED) is 0.0457. The summed E-state index contributed by atoms with van der Waals surface area (Å²) >= 11 is 0. The van der Waals surface area contributed by atoms with E-state index in [0.717, 1.165) is 32.1 Å². The molecule has 3 unspecified atom stereocenters. The molecule has 0 aliphatic rings. The van der Waals surface area contributed by atoms with Gasteiger partial charge in [-0.2, -0.15) is 0 Å². The zero-order valence-corrected chi connectivity index (χ0v) is 46.8. The summed E-state index contributed by atoms with van der Waals surface area (Å²) in [5.74, 6) is -0.461. The van der Waals surface area contributed by atoms with Crippen LogP contribution in [0, 0.1) is 0 Å². The van der Waals surface area contributed by atoms with Gasteiger partial charge in [0, 0.05) is 0 Å². The summed E-state index contributed by atoms with van der Waals surface area (Å²) in [7, 11) is 0. The highest BCUT2D eigenvalue weighted by Crippen LogP contribution is 2.19. The minimum Gasteiger partial charge on any atom is -0.394 e. The van der Waals surface area contributed by atoms with Gasteiger partial charge in [0.15, 0.2) is 0 Å². The van der Waals surface area contributed by atoms with Crippen LogP contribution in [0.1, 0.15) is 373 Å². The Labute approximate surface area is 427 Å². The van der Waals surface area contributed by atoms with Crippen molar-refractivity contribution in [3.05, 3.63) is 0 Å². The second-order valence-corrected chi connectivity index (χ2v) is 22.3. The molecule has 0 aromatic rings. The summed E-state index contributed by atoms with van der Waals surface area (Å²) in [5.41, 5.74) is 0. The van der Waals surface area contributed by atoms with Crippen LogP contribution in [-0.2, 0) is 4.79 Å². The molecule has 0 saturated carbocycles. The molecule has 5 heteroatoms. The first-order valence-corrected chi connectivity index (χ1v) is 31.8. The largest absolute Gasteiger partial charge is 0.394 e. The van der Waals surface area contributed by atoms with Gasteiger partial charge in [-0.1, -0.05) is 361 Å². The van der Waals surface area contributed by atoms with Gasteiger partial charge in [0.25, 0.3) is 0 Å². The van der Waals surface area contributed by atoms with E-state index < -0.39 is 24.2 Å². The third-order valence-electron chi connectivity index (χ3n) is 15.5. The standard InChI is InChI=1S/C63H127NO4/c1-3-5-7-9-11-13-15-17-19-21-22-23-24-25-26-27-28-29-30-31-32-33-34-35-36-37-38-39-40-41-42-44-46-48-50-52-54-56-58-62(67)63(68)64-60(59-65)61(66)57-55-53-51-49-47-45-43-20-18-16-14-12-10-8-6-4-2/h60-62,65-67H,3-59H2,1-2H3,(H,64,68). The Morgan fingerprint density at radius 3 is 0.662 bits per heavy atom. The molecular weight excluding hydrogens is 835 g/mol. The van der Waals surface area contributed by atoms with Crippen LogP contribution in [0.15, 0.2) is 0 Å². The summed E-state index contributed by atoms with van der Waals surface area (Å²) in [6.45, 7) is 4.28. The van der Waals surface area contributed by atoms with Crippen LogP contribution in [0.25, 0.3) is 0 Å². The molecule has 68 heavy (non-hydrogen) atoms. The van der Waals surface area contributed by atoms with Crippen LogP contribution in [0.5, 0.6) is 0 Å². The number of carbonyl (C=O) groups excluding carboxylic acids is 1. The van der Waals surface area contributed by atoms with Gasteiger partial charge in [0.2, 0.25) is 5.91 Å². The van der Waals surface area contributed by atoms with Crippen molar-refractivity contribution in [2.75, 3.05) is 6.61 Å². The molecule has 0 aliphatic carbocycles. The summed E-state index contributed by atoms with van der Waals surface area (Å²) < 4.78 is 0. The third kappa shape index (κ3) is 53.2. The number of aliphatic hydroxyl groups excluding tert-OH is 3. The monoisotopic (exact) mass is 962 g/mol. The Hall–Kier alpha value is -0.650. The molecule has 3 atom stereocenters. The highest BCUT2D eigenvalue weighted by Gasteiger charge is 2.23. The molecular formula is C63H127NO4. The highest BCUT2D eigenvalue weighted by atomic mass is 16.3. The van der Waals surface area contributed by atoms with Crippen LogP contribution in [0.4, 0.5) is 0 Å². The van der Waals surface area contributed by atoms with Crippen LogP contribution in [-0.4, -0.2) is 46.1 Å². The molecule has 0 aromatic heterocycles. The lowest BCUT2D eigenvalue weighted by atomic mass is 10.0. The normalized spacial score (nSPS) is 13.1. The Kier molecular flexibility index (Phi) is 58.4. The van der Waals surface area contributed by atoms with Crippen LogP contribution >= 0.6 is 0 Å². The molecule has 5 nitrogen and oxygen atoms in total. The predicted molar refractivity (Wildman–Crippen MR) is 301 cm³/mol. The van der Waals surface area contributed by atoms with Gasteiger partial charge in [0.1, 0.15) is 6.10 Å². The summed E-state index contributed by atoms with van der Waals surface area (Å²) in [6, 6.07) is -0.707. The van der Waals surface area contributed by atoms with Crippen LogP contribution in [0.3, 0.4) is 0 Å². The van der Waals surface area contributed by atoms with E-state index in [-0.39, 0.29) is 6.61 Å². The fourth-order valence-electron chi connectivity index (χ4n) is 10.6. The molecule has 0 radical (unpaired) electrons.